The van der Waals surface area contributed by atoms with E-state index in [-0.39, 0.29) is 11.9 Å². The Hall–Kier alpha value is -2.50. The highest BCUT2D eigenvalue weighted by Crippen LogP contribution is 2.42. The van der Waals surface area contributed by atoms with Crippen LogP contribution in [0.25, 0.3) is 0 Å². The SMILES string of the molecule is COc1cc2c(cc1OC)[C@@H]1OC(=O)C3=C(CCC3)C(=O)N1CC2. The van der Waals surface area contributed by atoms with Crippen molar-refractivity contribution in [3.05, 3.63) is 34.4 Å². The number of fused-ring (bicyclic) bond motifs is 3. The molecule has 0 radical (unpaired) electrons. The molecule has 6 heteroatoms. The summed E-state index contributed by atoms with van der Waals surface area (Å²) >= 11 is 0. The molecule has 1 atom stereocenters. The second-order valence-corrected chi connectivity index (χ2v) is 6.22. The van der Waals surface area contributed by atoms with Gasteiger partial charge in [-0.25, -0.2) is 4.79 Å². The Morgan fingerprint density at radius 3 is 2.50 bits per heavy atom. The summed E-state index contributed by atoms with van der Waals surface area (Å²) in [7, 11) is 3.15. The smallest absolute Gasteiger partial charge is 0.336 e. The van der Waals surface area contributed by atoms with Crippen molar-refractivity contribution in [2.24, 2.45) is 0 Å². The highest BCUT2D eigenvalue weighted by atomic mass is 16.6. The van der Waals surface area contributed by atoms with Gasteiger partial charge in [0, 0.05) is 23.3 Å². The summed E-state index contributed by atoms with van der Waals surface area (Å²) in [4.78, 5) is 27.0. The van der Waals surface area contributed by atoms with E-state index in [1.54, 1.807) is 19.1 Å². The number of carbonyl (C=O) groups is 2. The van der Waals surface area contributed by atoms with Gasteiger partial charge in [-0.1, -0.05) is 0 Å². The molecule has 4 rings (SSSR count). The zero-order chi connectivity index (χ0) is 16.8. The van der Waals surface area contributed by atoms with E-state index in [9.17, 15) is 9.59 Å². The summed E-state index contributed by atoms with van der Waals surface area (Å²) in [5.41, 5.74) is 2.99. The normalized spacial score (nSPS) is 22.4. The van der Waals surface area contributed by atoms with Gasteiger partial charge in [-0.3, -0.25) is 9.69 Å². The van der Waals surface area contributed by atoms with Crippen molar-refractivity contribution < 1.29 is 23.8 Å². The molecule has 0 spiro atoms. The van der Waals surface area contributed by atoms with Crippen molar-refractivity contribution in [2.75, 3.05) is 20.8 Å². The molecule has 0 saturated heterocycles. The van der Waals surface area contributed by atoms with E-state index in [2.05, 4.69) is 0 Å². The van der Waals surface area contributed by atoms with E-state index in [0.717, 1.165) is 17.5 Å². The molecule has 1 aromatic rings. The van der Waals surface area contributed by atoms with Crippen LogP contribution in [-0.4, -0.2) is 37.5 Å². The van der Waals surface area contributed by atoms with Crippen LogP contribution < -0.4 is 9.47 Å². The number of hydrogen-bond donors (Lipinski definition) is 0. The van der Waals surface area contributed by atoms with Crippen molar-refractivity contribution in [1.29, 1.82) is 0 Å². The number of hydrogen-bond acceptors (Lipinski definition) is 5. The zero-order valence-electron chi connectivity index (χ0n) is 13.8. The molecular formula is C18H19NO5. The molecule has 3 aliphatic rings. The number of esters is 1. The molecule has 1 aliphatic carbocycles. The van der Waals surface area contributed by atoms with Crippen LogP contribution in [-0.2, 0) is 20.7 Å². The van der Waals surface area contributed by atoms with Gasteiger partial charge >= 0.3 is 5.97 Å². The van der Waals surface area contributed by atoms with Crippen LogP contribution in [0.3, 0.4) is 0 Å². The van der Waals surface area contributed by atoms with E-state index in [0.29, 0.717) is 48.5 Å². The van der Waals surface area contributed by atoms with Gasteiger partial charge in [0.25, 0.3) is 5.91 Å². The molecule has 0 unspecified atom stereocenters. The number of nitrogens with zero attached hydrogens (tertiary/aromatic N) is 1. The third-order valence-electron chi connectivity index (χ3n) is 5.02. The topological polar surface area (TPSA) is 65.1 Å². The third kappa shape index (κ3) is 2.09. The quantitative estimate of drug-likeness (QED) is 0.778. The monoisotopic (exact) mass is 329 g/mol. The van der Waals surface area contributed by atoms with Gasteiger partial charge in [0.15, 0.2) is 11.5 Å². The number of benzene rings is 1. The third-order valence-corrected chi connectivity index (χ3v) is 5.02. The molecule has 0 aromatic heterocycles. The summed E-state index contributed by atoms with van der Waals surface area (Å²) in [6.07, 6.45) is 2.12. The fourth-order valence-electron chi connectivity index (χ4n) is 3.80. The average Bonchev–Trinajstić information content (AvgIpc) is 3.06. The molecule has 0 bridgehead atoms. The lowest BCUT2D eigenvalue weighted by Crippen LogP contribution is -2.41. The Morgan fingerprint density at radius 1 is 1.04 bits per heavy atom. The van der Waals surface area contributed by atoms with Crippen LogP contribution in [0.15, 0.2) is 23.3 Å². The second-order valence-electron chi connectivity index (χ2n) is 6.22. The first-order chi connectivity index (χ1) is 11.6. The van der Waals surface area contributed by atoms with E-state index >= 15 is 0 Å². The van der Waals surface area contributed by atoms with Crippen molar-refractivity contribution >= 4 is 11.9 Å². The van der Waals surface area contributed by atoms with Gasteiger partial charge < -0.3 is 14.2 Å². The van der Waals surface area contributed by atoms with Gasteiger partial charge in [-0.15, -0.1) is 0 Å². The second kappa shape index (κ2) is 5.54. The fourth-order valence-corrected chi connectivity index (χ4v) is 3.80. The Labute approximate surface area is 140 Å². The minimum Gasteiger partial charge on any atom is -0.493 e. The van der Waals surface area contributed by atoms with E-state index < -0.39 is 6.23 Å². The van der Waals surface area contributed by atoms with Gasteiger partial charge in [-0.05, 0) is 43.4 Å². The minimum atomic E-state index is -0.695. The van der Waals surface area contributed by atoms with Crippen LogP contribution in [0, 0.1) is 0 Å². The largest absolute Gasteiger partial charge is 0.493 e. The standard InChI is InChI=1S/C18H19NO5/c1-22-14-8-10-6-7-19-16(20)11-4-3-5-12(11)18(21)24-17(19)13(10)9-15(14)23-2/h8-9,17H,3-7H2,1-2H3/t17-/m0/s1. The van der Waals surface area contributed by atoms with Crippen LogP contribution in [0.2, 0.25) is 0 Å². The van der Waals surface area contributed by atoms with Crippen molar-refractivity contribution in [3.63, 3.8) is 0 Å². The number of ether oxygens (including phenoxy) is 3. The number of carbonyl (C=O) groups excluding carboxylic acids is 2. The van der Waals surface area contributed by atoms with Gasteiger partial charge in [0.1, 0.15) is 0 Å². The first kappa shape index (κ1) is 15.1. The Balaban J connectivity index is 1.79. The molecule has 0 N–H and O–H groups in total. The molecular weight excluding hydrogens is 310 g/mol. The molecule has 1 aromatic carbocycles. The van der Waals surface area contributed by atoms with Crippen molar-refractivity contribution in [3.8, 4) is 11.5 Å². The van der Waals surface area contributed by atoms with Crippen LogP contribution in [0.4, 0.5) is 0 Å². The summed E-state index contributed by atoms with van der Waals surface area (Å²) in [5, 5.41) is 0. The molecule has 2 aliphatic heterocycles. The fraction of sp³-hybridized carbons (Fsp3) is 0.444. The van der Waals surface area contributed by atoms with E-state index in [4.69, 9.17) is 14.2 Å². The van der Waals surface area contributed by atoms with E-state index in [1.807, 2.05) is 12.1 Å². The Kier molecular flexibility index (Phi) is 3.48. The van der Waals surface area contributed by atoms with Crippen LogP contribution in [0.5, 0.6) is 11.5 Å². The lowest BCUT2D eigenvalue weighted by atomic mass is 9.96. The molecule has 0 saturated carbocycles. The summed E-state index contributed by atoms with van der Waals surface area (Å²) in [5.74, 6) is 0.757. The lowest BCUT2D eigenvalue weighted by molar-refractivity contribution is -0.160. The molecule has 24 heavy (non-hydrogen) atoms. The maximum atomic E-state index is 12.9. The van der Waals surface area contributed by atoms with Crippen molar-refractivity contribution in [2.45, 2.75) is 31.9 Å². The molecule has 126 valence electrons. The maximum absolute atomic E-state index is 12.9. The van der Waals surface area contributed by atoms with E-state index in [1.165, 1.54) is 0 Å². The highest BCUT2D eigenvalue weighted by Gasteiger charge is 2.42. The van der Waals surface area contributed by atoms with Gasteiger partial charge in [0.05, 0.1) is 14.2 Å². The highest BCUT2D eigenvalue weighted by molar-refractivity contribution is 6.05. The Bertz CT molecular complexity index is 767. The van der Waals surface area contributed by atoms with Crippen LogP contribution >= 0.6 is 0 Å². The molecule has 1 amide bonds. The summed E-state index contributed by atoms with van der Waals surface area (Å²) < 4.78 is 16.4. The predicted octanol–water partition coefficient (Wildman–Crippen LogP) is 2.12. The minimum absolute atomic E-state index is 0.0706. The number of rotatable bonds is 2. The number of methoxy groups -OCH3 is 2. The lowest BCUT2D eigenvalue weighted by Gasteiger charge is -2.35. The molecule has 0 fully saturated rings. The summed E-state index contributed by atoms with van der Waals surface area (Å²) in [6, 6.07) is 3.71. The zero-order valence-corrected chi connectivity index (χ0v) is 13.8. The first-order valence-corrected chi connectivity index (χ1v) is 8.12. The maximum Gasteiger partial charge on any atom is 0.336 e. The first-order valence-electron chi connectivity index (χ1n) is 8.12. The molecule has 6 nitrogen and oxygen atoms in total. The predicted molar refractivity (Wildman–Crippen MR) is 84.7 cm³/mol. The van der Waals surface area contributed by atoms with Crippen molar-refractivity contribution in [1.82, 2.24) is 4.90 Å². The number of amides is 1. The van der Waals surface area contributed by atoms with Gasteiger partial charge in [0.2, 0.25) is 6.23 Å². The summed E-state index contributed by atoms with van der Waals surface area (Å²) in [6.45, 7) is 0.524. The van der Waals surface area contributed by atoms with Crippen LogP contribution in [0.1, 0.15) is 36.6 Å². The Morgan fingerprint density at radius 2 is 1.75 bits per heavy atom. The average molecular weight is 329 g/mol. The molecule has 2 heterocycles. The van der Waals surface area contributed by atoms with Gasteiger partial charge in [-0.2, -0.15) is 0 Å².